The van der Waals surface area contributed by atoms with E-state index in [1.165, 1.54) is 0 Å². The molecule has 5 nitrogen and oxygen atoms in total. The Balaban J connectivity index is 1.42. The molecule has 1 aliphatic heterocycles. The average molecular weight is 338 g/mol. The normalized spacial score (nSPS) is 14.8. The summed E-state index contributed by atoms with van der Waals surface area (Å²) in [5, 5.41) is 2.69. The molecule has 2 aromatic rings. The molecule has 2 amide bonds. The molecular weight excluding hydrogens is 316 g/mol. The molecule has 1 N–H and O–H groups in total. The highest BCUT2D eigenvalue weighted by Crippen LogP contribution is 2.18. The number of rotatable bonds is 5. The van der Waals surface area contributed by atoms with Crippen LogP contribution in [0.25, 0.3) is 0 Å². The van der Waals surface area contributed by atoms with Gasteiger partial charge in [-0.3, -0.25) is 9.59 Å². The number of nitrogens with one attached hydrogen (secondary N) is 1. The van der Waals surface area contributed by atoms with Gasteiger partial charge in [-0.1, -0.05) is 36.4 Å². The largest absolute Gasteiger partial charge is 0.490 e. The fourth-order valence-electron chi connectivity index (χ4n) is 2.87. The summed E-state index contributed by atoms with van der Waals surface area (Å²) in [4.78, 5) is 26.0. The van der Waals surface area contributed by atoms with Crippen molar-refractivity contribution in [1.29, 1.82) is 0 Å². The number of nitrogens with zero attached hydrogens (tertiary/aromatic N) is 1. The summed E-state index contributed by atoms with van der Waals surface area (Å²) in [6.07, 6.45) is 1.73. The maximum Gasteiger partial charge on any atom is 0.251 e. The molecule has 130 valence electrons. The van der Waals surface area contributed by atoms with Gasteiger partial charge in [0.2, 0.25) is 5.91 Å². The molecule has 1 fully saturated rings. The van der Waals surface area contributed by atoms with E-state index in [1.807, 2.05) is 36.4 Å². The number of carbonyl (C=O) groups is 2. The van der Waals surface area contributed by atoms with Crippen LogP contribution in [0.1, 0.15) is 23.2 Å². The zero-order valence-corrected chi connectivity index (χ0v) is 14.1. The van der Waals surface area contributed by atoms with Gasteiger partial charge in [-0.2, -0.15) is 0 Å². The van der Waals surface area contributed by atoms with Gasteiger partial charge in [-0.25, -0.2) is 0 Å². The molecule has 3 rings (SSSR count). The predicted octanol–water partition coefficient (Wildman–Crippen LogP) is 2.49. The highest BCUT2D eigenvalue weighted by Gasteiger charge is 2.24. The van der Waals surface area contributed by atoms with Crippen LogP contribution in [0.4, 0.5) is 0 Å². The Morgan fingerprint density at radius 1 is 0.960 bits per heavy atom. The second-order valence-electron chi connectivity index (χ2n) is 6.06. The molecule has 2 aromatic carbocycles. The number of piperidine rings is 1. The Morgan fingerprint density at radius 2 is 1.56 bits per heavy atom. The Hall–Kier alpha value is -2.82. The van der Waals surface area contributed by atoms with Crippen molar-refractivity contribution in [3.63, 3.8) is 0 Å². The van der Waals surface area contributed by atoms with Crippen LogP contribution in [0, 0.1) is 0 Å². The van der Waals surface area contributed by atoms with Gasteiger partial charge >= 0.3 is 0 Å². The number of hydrogen-bond acceptors (Lipinski definition) is 3. The minimum absolute atomic E-state index is 0.0257. The molecule has 25 heavy (non-hydrogen) atoms. The highest BCUT2D eigenvalue weighted by molar-refractivity contribution is 5.96. The summed E-state index contributed by atoms with van der Waals surface area (Å²) in [5.41, 5.74) is 0.560. The van der Waals surface area contributed by atoms with E-state index < -0.39 is 0 Å². The summed E-state index contributed by atoms with van der Waals surface area (Å²) < 4.78 is 5.93. The van der Waals surface area contributed by atoms with Crippen molar-refractivity contribution in [3.05, 3.63) is 66.2 Å². The smallest absolute Gasteiger partial charge is 0.251 e. The molecule has 0 unspecified atom stereocenters. The number of carbonyl (C=O) groups excluding carboxylic acids is 2. The van der Waals surface area contributed by atoms with Crippen molar-refractivity contribution in [2.24, 2.45) is 0 Å². The second kappa shape index (κ2) is 8.33. The van der Waals surface area contributed by atoms with Crippen molar-refractivity contribution in [1.82, 2.24) is 10.2 Å². The zero-order valence-electron chi connectivity index (χ0n) is 14.1. The van der Waals surface area contributed by atoms with E-state index in [0.717, 1.165) is 18.6 Å². The number of amides is 2. The lowest BCUT2D eigenvalue weighted by molar-refractivity contribution is -0.131. The first-order valence-electron chi connectivity index (χ1n) is 8.55. The van der Waals surface area contributed by atoms with Gasteiger partial charge in [0.25, 0.3) is 5.91 Å². The number of ether oxygens (including phenoxy) is 1. The van der Waals surface area contributed by atoms with Crippen LogP contribution in [0.2, 0.25) is 0 Å². The standard InChI is InChI=1S/C20H22N2O3/c23-19(15-21-20(24)16-7-3-1-4-8-16)22-13-11-18(12-14-22)25-17-9-5-2-6-10-17/h1-10,18H,11-15H2,(H,21,24). The van der Waals surface area contributed by atoms with Crippen LogP contribution in [-0.4, -0.2) is 42.5 Å². The van der Waals surface area contributed by atoms with Crippen LogP contribution in [0.3, 0.4) is 0 Å². The van der Waals surface area contributed by atoms with Crippen molar-refractivity contribution in [3.8, 4) is 5.75 Å². The van der Waals surface area contributed by atoms with Crippen LogP contribution in [0.15, 0.2) is 60.7 Å². The SMILES string of the molecule is O=C(NCC(=O)N1CCC(Oc2ccccc2)CC1)c1ccccc1. The molecule has 1 heterocycles. The van der Waals surface area contributed by atoms with E-state index in [-0.39, 0.29) is 24.5 Å². The summed E-state index contributed by atoms with van der Waals surface area (Å²) in [5.74, 6) is 0.584. The number of likely N-dealkylation sites (tertiary alicyclic amines) is 1. The third-order valence-electron chi connectivity index (χ3n) is 4.28. The molecule has 0 atom stereocenters. The molecule has 0 radical (unpaired) electrons. The molecule has 0 saturated carbocycles. The third-order valence-corrected chi connectivity index (χ3v) is 4.28. The van der Waals surface area contributed by atoms with Gasteiger partial charge < -0.3 is 15.0 Å². The molecule has 1 saturated heterocycles. The third kappa shape index (κ3) is 4.83. The monoisotopic (exact) mass is 338 g/mol. The first-order chi connectivity index (χ1) is 12.2. The molecule has 0 spiro atoms. The molecule has 0 aliphatic carbocycles. The summed E-state index contributed by atoms with van der Waals surface area (Å²) in [6, 6.07) is 18.6. The number of hydrogen-bond donors (Lipinski definition) is 1. The van der Waals surface area contributed by atoms with Gasteiger partial charge in [0, 0.05) is 31.5 Å². The van der Waals surface area contributed by atoms with E-state index in [2.05, 4.69) is 5.32 Å². The minimum Gasteiger partial charge on any atom is -0.490 e. The summed E-state index contributed by atoms with van der Waals surface area (Å²) in [7, 11) is 0. The summed E-state index contributed by atoms with van der Waals surface area (Å²) >= 11 is 0. The van der Waals surface area contributed by atoms with Crippen LogP contribution in [0.5, 0.6) is 5.75 Å². The number of para-hydroxylation sites is 1. The molecular formula is C20H22N2O3. The Labute approximate surface area is 147 Å². The Kier molecular flexibility index (Phi) is 5.67. The predicted molar refractivity (Wildman–Crippen MR) is 95.4 cm³/mol. The number of benzene rings is 2. The van der Waals surface area contributed by atoms with Gasteiger partial charge in [0.15, 0.2) is 0 Å². The Morgan fingerprint density at radius 3 is 2.20 bits per heavy atom. The van der Waals surface area contributed by atoms with Crippen molar-refractivity contribution in [2.75, 3.05) is 19.6 Å². The van der Waals surface area contributed by atoms with Gasteiger partial charge in [-0.15, -0.1) is 0 Å². The van der Waals surface area contributed by atoms with E-state index in [9.17, 15) is 9.59 Å². The van der Waals surface area contributed by atoms with E-state index >= 15 is 0 Å². The molecule has 0 aromatic heterocycles. The lowest BCUT2D eigenvalue weighted by Crippen LogP contribution is -2.46. The summed E-state index contributed by atoms with van der Waals surface area (Å²) in [6.45, 7) is 1.33. The van der Waals surface area contributed by atoms with E-state index in [0.29, 0.717) is 18.7 Å². The lowest BCUT2D eigenvalue weighted by Gasteiger charge is -2.32. The van der Waals surface area contributed by atoms with Gasteiger partial charge in [-0.05, 0) is 24.3 Å². The fourth-order valence-corrected chi connectivity index (χ4v) is 2.87. The Bertz CT molecular complexity index is 695. The topological polar surface area (TPSA) is 58.6 Å². The first-order valence-corrected chi connectivity index (χ1v) is 8.55. The van der Waals surface area contributed by atoms with Crippen LogP contribution < -0.4 is 10.1 Å². The zero-order chi connectivity index (χ0) is 17.5. The maximum absolute atomic E-state index is 12.3. The van der Waals surface area contributed by atoms with Crippen LogP contribution in [-0.2, 0) is 4.79 Å². The van der Waals surface area contributed by atoms with Crippen molar-refractivity contribution >= 4 is 11.8 Å². The fraction of sp³-hybridized carbons (Fsp3) is 0.300. The molecule has 0 bridgehead atoms. The van der Waals surface area contributed by atoms with E-state index in [4.69, 9.17) is 4.74 Å². The van der Waals surface area contributed by atoms with Gasteiger partial charge in [0.1, 0.15) is 11.9 Å². The quantitative estimate of drug-likeness (QED) is 0.911. The highest BCUT2D eigenvalue weighted by atomic mass is 16.5. The average Bonchev–Trinajstić information content (AvgIpc) is 2.68. The molecule has 5 heteroatoms. The van der Waals surface area contributed by atoms with Gasteiger partial charge in [0.05, 0.1) is 6.54 Å². The minimum atomic E-state index is -0.226. The molecule has 1 aliphatic rings. The van der Waals surface area contributed by atoms with Crippen molar-refractivity contribution < 1.29 is 14.3 Å². The maximum atomic E-state index is 12.3. The van der Waals surface area contributed by atoms with Crippen molar-refractivity contribution in [2.45, 2.75) is 18.9 Å². The van der Waals surface area contributed by atoms with Crippen LogP contribution >= 0.6 is 0 Å². The first kappa shape index (κ1) is 17.0. The van der Waals surface area contributed by atoms with E-state index in [1.54, 1.807) is 29.2 Å². The second-order valence-corrected chi connectivity index (χ2v) is 6.06. The lowest BCUT2D eigenvalue weighted by atomic mass is 10.1.